The number of hydrogen-bond donors (Lipinski definition) is 2. The van der Waals surface area contributed by atoms with Crippen LogP contribution in [0.4, 0.5) is 5.69 Å². The summed E-state index contributed by atoms with van der Waals surface area (Å²) in [6.45, 7) is 3.61. The van der Waals surface area contributed by atoms with Crippen LogP contribution in [0.3, 0.4) is 0 Å². The van der Waals surface area contributed by atoms with E-state index in [0.717, 1.165) is 6.42 Å². The number of benzene rings is 1. The molecule has 2 aromatic rings. The summed E-state index contributed by atoms with van der Waals surface area (Å²) in [4.78, 5) is 49.4. The van der Waals surface area contributed by atoms with Gasteiger partial charge in [-0.25, -0.2) is 4.79 Å². The molecule has 0 aliphatic carbocycles. The number of rotatable bonds is 8. The van der Waals surface area contributed by atoms with Gasteiger partial charge in [-0.2, -0.15) is 0 Å². The second kappa shape index (κ2) is 8.24. The van der Waals surface area contributed by atoms with Crippen molar-refractivity contribution < 1.29 is 24.0 Å². The molecule has 0 saturated heterocycles. The van der Waals surface area contributed by atoms with E-state index in [2.05, 4.69) is 10.3 Å². The maximum absolute atomic E-state index is 12.4. The number of ketones is 1. The van der Waals surface area contributed by atoms with Crippen LogP contribution in [-0.4, -0.2) is 40.2 Å². The summed E-state index contributed by atoms with van der Waals surface area (Å²) in [6.07, 6.45) is 2.87. The molecule has 0 radical (unpaired) electrons. The Bertz CT molecular complexity index is 857. The normalized spacial score (nSPS) is 11.8. The van der Waals surface area contributed by atoms with Crippen LogP contribution < -0.4 is 5.32 Å². The topological polar surface area (TPSA) is 131 Å². The highest BCUT2D eigenvalue weighted by Crippen LogP contribution is 2.24. The van der Waals surface area contributed by atoms with Crippen LogP contribution in [-0.2, 0) is 14.3 Å². The SMILES string of the molecule is CCCCOC(=O)[C@H](C)NC(=O)C(=O)c1c[nH]c2ccc([N+](=O)[O-])cc12. The average molecular weight is 361 g/mol. The molecule has 138 valence electrons. The van der Waals surface area contributed by atoms with Gasteiger partial charge in [0.05, 0.1) is 17.1 Å². The number of nitro benzene ring substituents is 1. The zero-order valence-corrected chi connectivity index (χ0v) is 14.4. The van der Waals surface area contributed by atoms with E-state index >= 15 is 0 Å². The van der Waals surface area contributed by atoms with Crippen LogP contribution in [0.5, 0.6) is 0 Å². The van der Waals surface area contributed by atoms with Crippen LogP contribution in [0.2, 0.25) is 0 Å². The van der Waals surface area contributed by atoms with E-state index in [1.807, 2.05) is 6.92 Å². The van der Waals surface area contributed by atoms with Gasteiger partial charge in [-0.05, 0) is 19.4 Å². The predicted octanol–water partition coefficient (Wildman–Crippen LogP) is 2.11. The van der Waals surface area contributed by atoms with Gasteiger partial charge in [0.2, 0.25) is 0 Å². The Morgan fingerprint density at radius 1 is 1.35 bits per heavy atom. The summed E-state index contributed by atoms with van der Waals surface area (Å²) in [7, 11) is 0. The number of hydrogen-bond acceptors (Lipinski definition) is 6. The molecule has 0 fully saturated rings. The smallest absolute Gasteiger partial charge is 0.328 e. The first-order valence-corrected chi connectivity index (χ1v) is 8.12. The Kier molecular flexibility index (Phi) is 6.05. The van der Waals surface area contributed by atoms with Gasteiger partial charge in [-0.3, -0.25) is 19.7 Å². The second-order valence-corrected chi connectivity index (χ2v) is 5.73. The average Bonchev–Trinajstić information content (AvgIpc) is 3.03. The molecule has 0 saturated carbocycles. The molecular formula is C17H19N3O6. The molecule has 9 nitrogen and oxygen atoms in total. The fourth-order valence-electron chi connectivity index (χ4n) is 2.30. The van der Waals surface area contributed by atoms with Crippen molar-refractivity contribution in [1.82, 2.24) is 10.3 Å². The molecule has 2 rings (SSSR count). The third-order valence-electron chi connectivity index (χ3n) is 3.77. The van der Waals surface area contributed by atoms with Gasteiger partial charge < -0.3 is 15.0 Å². The molecule has 9 heteroatoms. The zero-order valence-electron chi connectivity index (χ0n) is 14.4. The van der Waals surface area contributed by atoms with Crippen LogP contribution in [0.25, 0.3) is 10.9 Å². The Balaban J connectivity index is 2.12. The molecule has 1 atom stereocenters. The lowest BCUT2D eigenvalue weighted by atomic mass is 10.1. The lowest BCUT2D eigenvalue weighted by molar-refractivity contribution is -0.384. The first kappa shape index (κ1) is 19.1. The molecule has 0 aliphatic rings. The van der Waals surface area contributed by atoms with Crippen molar-refractivity contribution in [3.8, 4) is 0 Å². The van der Waals surface area contributed by atoms with Crippen molar-refractivity contribution in [2.45, 2.75) is 32.7 Å². The number of aromatic nitrogens is 1. The van der Waals surface area contributed by atoms with Crippen molar-refractivity contribution in [1.29, 1.82) is 0 Å². The Morgan fingerprint density at radius 3 is 2.73 bits per heavy atom. The number of aromatic amines is 1. The van der Waals surface area contributed by atoms with Gasteiger partial charge in [0.25, 0.3) is 17.4 Å². The summed E-state index contributed by atoms with van der Waals surface area (Å²) < 4.78 is 4.98. The third-order valence-corrected chi connectivity index (χ3v) is 3.77. The second-order valence-electron chi connectivity index (χ2n) is 5.73. The zero-order chi connectivity index (χ0) is 19.3. The first-order chi connectivity index (χ1) is 12.3. The monoisotopic (exact) mass is 361 g/mol. The van der Waals surface area contributed by atoms with Crippen molar-refractivity contribution in [2.75, 3.05) is 6.61 Å². The first-order valence-electron chi connectivity index (χ1n) is 8.12. The molecule has 0 aliphatic heterocycles. The molecule has 1 amide bonds. The molecule has 0 unspecified atom stereocenters. The quantitative estimate of drug-likeness (QED) is 0.185. The number of fused-ring (bicyclic) bond motifs is 1. The van der Waals surface area contributed by atoms with Crippen LogP contribution in [0.1, 0.15) is 37.0 Å². The number of non-ortho nitro benzene ring substituents is 1. The van der Waals surface area contributed by atoms with E-state index in [4.69, 9.17) is 4.74 Å². The molecule has 26 heavy (non-hydrogen) atoms. The fraction of sp³-hybridized carbons (Fsp3) is 0.353. The number of carbonyl (C=O) groups excluding carboxylic acids is 3. The minimum atomic E-state index is -0.989. The molecule has 0 spiro atoms. The number of H-pyrrole nitrogens is 1. The number of unbranched alkanes of at least 4 members (excludes halogenated alkanes) is 1. The Morgan fingerprint density at radius 2 is 2.08 bits per heavy atom. The van der Waals surface area contributed by atoms with E-state index < -0.39 is 28.6 Å². The number of ether oxygens (including phenoxy) is 1. The highest BCUT2D eigenvalue weighted by atomic mass is 16.6. The number of carbonyl (C=O) groups is 3. The van der Waals surface area contributed by atoms with E-state index in [9.17, 15) is 24.5 Å². The summed E-state index contributed by atoms with van der Waals surface area (Å²) in [5.74, 6) is -2.52. The standard InChI is InChI=1S/C17H19N3O6/c1-3-4-7-26-17(23)10(2)19-16(22)15(21)13-9-18-14-6-5-11(20(24)25)8-12(13)14/h5-6,8-10,18H,3-4,7H2,1-2H3,(H,19,22)/t10-/m0/s1. The lowest BCUT2D eigenvalue weighted by Gasteiger charge is -2.12. The largest absolute Gasteiger partial charge is 0.464 e. The summed E-state index contributed by atoms with van der Waals surface area (Å²) >= 11 is 0. The number of esters is 1. The third kappa shape index (κ3) is 4.24. The van der Waals surface area contributed by atoms with Crippen molar-refractivity contribution >= 4 is 34.3 Å². The van der Waals surface area contributed by atoms with Gasteiger partial charge in [0, 0.05) is 29.2 Å². The van der Waals surface area contributed by atoms with Crippen LogP contribution in [0, 0.1) is 10.1 Å². The van der Waals surface area contributed by atoms with Crippen molar-refractivity contribution in [2.24, 2.45) is 0 Å². The number of Topliss-reactive ketones (excluding diaryl/α,β-unsaturated/α-hetero) is 1. The van der Waals surface area contributed by atoms with E-state index in [1.165, 1.54) is 31.3 Å². The van der Waals surface area contributed by atoms with Crippen molar-refractivity contribution in [3.63, 3.8) is 0 Å². The van der Waals surface area contributed by atoms with Gasteiger partial charge >= 0.3 is 5.97 Å². The number of nitrogens with zero attached hydrogens (tertiary/aromatic N) is 1. The summed E-state index contributed by atoms with van der Waals surface area (Å²) in [6, 6.07) is 2.98. The Labute approximate surface area is 148 Å². The van der Waals surface area contributed by atoms with Gasteiger partial charge in [-0.15, -0.1) is 0 Å². The summed E-state index contributed by atoms with van der Waals surface area (Å²) in [5.41, 5.74) is 0.283. The molecule has 0 bridgehead atoms. The number of nitrogens with one attached hydrogen (secondary N) is 2. The van der Waals surface area contributed by atoms with Crippen LogP contribution >= 0.6 is 0 Å². The minimum Gasteiger partial charge on any atom is -0.464 e. The maximum Gasteiger partial charge on any atom is 0.328 e. The van der Waals surface area contributed by atoms with Gasteiger partial charge in [0.1, 0.15) is 6.04 Å². The molecule has 2 N–H and O–H groups in total. The number of nitro groups is 1. The molecular weight excluding hydrogens is 342 g/mol. The fourth-order valence-corrected chi connectivity index (χ4v) is 2.30. The van der Waals surface area contributed by atoms with E-state index in [-0.39, 0.29) is 23.2 Å². The van der Waals surface area contributed by atoms with Gasteiger partial charge in [-0.1, -0.05) is 13.3 Å². The van der Waals surface area contributed by atoms with Crippen molar-refractivity contribution in [3.05, 3.63) is 40.1 Å². The summed E-state index contributed by atoms with van der Waals surface area (Å²) in [5, 5.41) is 13.4. The van der Waals surface area contributed by atoms with Gasteiger partial charge in [0.15, 0.2) is 0 Å². The molecule has 1 heterocycles. The van der Waals surface area contributed by atoms with E-state index in [0.29, 0.717) is 11.9 Å². The van der Waals surface area contributed by atoms with E-state index in [1.54, 1.807) is 0 Å². The number of amides is 1. The minimum absolute atomic E-state index is 0.00671. The maximum atomic E-state index is 12.4. The molecule has 1 aromatic heterocycles. The highest BCUT2D eigenvalue weighted by molar-refractivity contribution is 6.45. The lowest BCUT2D eigenvalue weighted by Crippen LogP contribution is -2.43. The van der Waals surface area contributed by atoms with Crippen LogP contribution in [0.15, 0.2) is 24.4 Å². The molecule has 1 aromatic carbocycles. The Hall–Kier alpha value is -3.23. The highest BCUT2D eigenvalue weighted by Gasteiger charge is 2.25. The predicted molar refractivity (Wildman–Crippen MR) is 92.8 cm³/mol.